The Balaban J connectivity index is 0.00000441. The maximum atomic E-state index is 11.5. The first-order valence-electron chi connectivity index (χ1n) is 6.97. The Morgan fingerprint density at radius 3 is 2.64 bits per heavy atom. The molecule has 0 saturated carbocycles. The summed E-state index contributed by atoms with van der Waals surface area (Å²) >= 11 is 5.73. The van der Waals surface area contributed by atoms with Gasteiger partial charge in [-0.05, 0) is 24.5 Å². The lowest BCUT2D eigenvalue weighted by atomic mass is 10.2. The van der Waals surface area contributed by atoms with Crippen LogP contribution in [0.25, 0.3) is 0 Å². The number of nitrogens with zero attached hydrogens (tertiary/aromatic N) is 2. The molecule has 1 aromatic heterocycles. The Hall–Kier alpha value is -1.09. The molecule has 1 amide bonds. The molecule has 0 atom stereocenters. The van der Waals surface area contributed by atoms with Gasteiger partial charge in [-0.25, -0.2) is 4.98 Å². The maximum absolute atomic E-state index is 11.5. The van der Waals surface area contributed by atoms with Gasteiger partial charge in [0, 0.05) is 26.3 Å². The van der Waals surface area contributed by atoms with Gasteiger partial charge in [-0.3, -0.25) is 9.79 Å². The minimum Gasteiger partial charge on any atom is -0.356 e. The molecule has 1 rings (SSSR count). The second-order valence-corrected chi connectivity index (χ2v) is 4.83. The number of rotatable bonds is 7. The van der Waals surface area contributed by atoms with Crippen LogP contribution in [0.4, 0.5) is 0 Å². The highest BCUT2D eigenvalue weighted by Crippen LogP contribution is 2.05. The molecule has 0 unspecified atom stereocenters. The summed E-state index contributed by atoms with van der Waals surface area (Å²) in [6.07, 6.45) is 3.47. The van der Waals surface area contributed by atoms with Crippen molar-refractivity contribution in [1.82, 2.24) is 20.9 Å². The van der Waals surface area contributed by atoms with E-state index in [-0.39, 0.29) is 36.4 Å². The van der Waals surface area contributed by atoms with Crippen LogP contribution < -0.4 is 16.0 Å². The Bertz CT molecular complexity index is 467. The van der Waals surface area contributed by atoms with Crippen molar-refractivity contribution in [2.45, 2.75) is 19.8 Å². The van der Waals surface area contributed by atoms with Crippen LogP contribution in [0.2, 0.25) is 5.15 Å². The summed E-state index contributed by atoms with van der Waals surface area (Å²) in [5, 5.41) is 9.39. The fourth-order valence-corrected chi connectivity index (χ4v) is 1.70. The van der Waals surface area contributed by atoms with E-state index in [0.717, 1.165) is 18.4 Å². The van der Waals surface area contributed by atoms with Crippen LogP contribution in [0.1, 0.15) is 18.9 Å². The number of carbonyl (C=O) groups is 1. The topological polar surface area (TPSA) is 78.4 Å². The normalized spacial score (nSPS) is 10.6. The first-order chi connectivity index (χ1) is 10.2. The lowest BCUT2D eigenvalue weighted by Crippen LogP contribution is -2.43. The molecular weight excluding hydrogens is 417 g/mol. The molecule has 0 aliphatic carbocycles. The molecule has 0 radical (unpaired) electrons. The van der Waals surface area contributed by atoms with E-state index in [9.17, 15) is 4.79 Å². The third-order valence-corrected chi connectivity index (χ3v) is 2.93. The van der Waals surface area contributed by atoms with Gasteiger partial charge in [0.05, 0.1) is 6.54 Å². The molecule has 8 heteroatoms. The Morgan fingerprint density at radius 1 is 1.27 bits per heavy atom. The molecule has 1 aromatic rings. The summed E-state index contributed by atoms with van der Waals surface area (Å²) in [5.41, 5.74) is 1.09. The van der Waals surface area contributed by atoms with Crippen LogP contribution in [-0.4, -0.2) is 43.5 Å². The molecule has 124 valence electrons. The van der Waals surface area contributed by atoms with E-state index >= 15 is 0 Å². The zero-order valence-corrected chi connectivity index (χ0v) is 15.9. The van der Waals surface area contributed by atoms with Crippen LogP contribution >= 0.6 is 35.6 Å². The average molecular weight is 440 g/mol. The summed E-state index contributed by atoms with van der Waals surface area (Å²) in [6, 6.07) is 3.70. The van der Waals surface area contributed by atoms with Crippen molar-refractivity contribution in [2.75, 3.05) is 26.7 Å². The fraction of sp³-hybridized carbons (Fsp3) is 0.500. The molecule has 0 aliphatic rings. The highest BCUT2D eigenvalue weighted by atomic mass is 127. The van der Waals surface area contributed by atoms with E-state index in [1.54, 1.807) is 19.3 Å². The molecule has 6 nitrogen and oxygen atoms in total. The van der Waals surface area contributed by atoms with Crippen LogP contribution in [0.5, 0.6) is 0 Å². The summed E-state index contributed by atoms with van der Waals surface area (Å²) in [7, 11) is 1.67. The number of carbonyl (C=O) groups excluding carboxylic acids is 1. The first kappa shape index (κ1) is 20.9. The zero-order valence-electron chi connectivity index (χ0n) is 12.9. The SMILES string of the molecule is CCCNC(=O)CNC(=NC)NCCc1ccc(Cl)nc1.I. The van der Waals surface area contributed by atoms with Crippen LogP contribution in [-0.2, 0) is 11.2 Å². The van der Waals surface area contributed by atoms with Gasteiger partial charge < -0.3 is 16.0 Å². The minimum atomic E-state index is -0.0401. The van der Waals surface area contributed by atoms with Crippen molar-refractivity contribution in [1.29, 1.82) is 0 Å². The Morgan fingerprint density at radius 2 is 2.05 bits per heavy atom. The summed E-state index contributed by atoms with van der Waals surface area (Å²) < 4.78 is 0. The standard InChI is InChI=1S/C14H22ClN5O.HI/c1-3-7-17-13(21)10-20-14(16-2)18-8-6-11-4-5-12(15)19-9-11;/h4-5,9H,3,6-8,10H2,1-2H3,(H,17,21)(H2,16,18,20);1H. The first-order valence-corrected chi connectivity index (χ1v) is 7.35. The second-order valence-electron chi connectivity index (χ2n) is 4.44. The van der Waals surface area contributed by atoms with Crippen molar-refractivity contribution < 1.29 is 4.79 Å². The van der Waals surface area contributed by atoms with E-state index in [2.05, 4.69) is 25.9 Å². The quantitative estimate of drug-likeness (QED) is 0.261. The number of amides is 1. The third kappa shape index (κ3) is 9.04. The summed E-state index contributed by atoms with van der Waals surface area (Å²) in [6.45, 7) is 3.61. The molecule has 3 N–H and O–H groups in total. The Labute approximate surface area is 153 Å². The number of halogens is 2. The fourth-order valence-electron chi connectivity index (χ4n) is 1.59. The molecular formula is C14H23ClIN5O. The van der Waals surface area contributed by atoms with E-state index in [4.69, 9.17) is 11.6 Å². The van der Waals surface area contributed by atoms with E-state index in [1.165, 1.54) is 0 Å². The smallest absolute Gasteiger partial charge is 0.239 e. The average Bonchev–Trinajstić information content (AvgIpc) is 2.50. The molecule has 0 bridgehead atoms. The molecule has 0 saturated heterocycles. The maximum Gasteiger partial charge on any atom is 0.239 e. The van der Waals surface area contributed by atoms with Crippen molar-refractivity contribution >= 4 is 47.4 Å². The largest absolute Gasteiger partial charge is 0.356 e. The van der Waals surface area contributed by atoms with Crippen molar-refractivity contribution in [3.63, 3.8) is 0 Å². The Kier molecular flexibility index (Phi) is 11.8. The van der Waals surface area contributed by atoms with Crippen LogP contribution in [0, 0.1) is 0 Å². The van der Waals surface area contributed by atoms with Gasteiger partial charge in [-0.1, -0.05) is 24.6 Å². The van der Waals surface area contributed by atoms with Crippen molar-refractivity contribution in [3.05, 3.63) is 29.0 Å². The zero-order chi connectivity index (χ0) is 15.5. The predicted octanol–water partition coefficient (Wildman–Crippen LogP) is 1.59. The van der Waals surface area contributed by atoms with Gasteiger partial charge in [0.2, 0.25) is 5.91 Å². The molecule has 1 heterocycles. The number of hydrogen-bond acceptors (Lipinski definition) is 3. The highest BCUT2D eigenvalue weighted by molar-refractivity contribution is 14.0. The molecule has 22 heavy (non-hydrogen) atoms. The molecule has 0 fully saturated rings. The van der Waals surface area contributed by atoms with Gasteiger partial charge in [0.1, 0.15) is 5.15 Å². The number of pyridine rings is 1. The number of nitrogens with one attached hydrogen (secondary N) is 3. The predicted molar refractivity (Wildman–Crippen MR) is 101 cm³/mol. The van der Waals surface area contributed by atoms with Gasteiger partial charge in [-0.15, -0.1) is 24.0 Å². The van der Waals surface area contributed by atoms with Gasteiger partial charge in [0.15, 0.2) is 5.96 Å². The van der Waals surface area contributed by atoms with Crippen LogP contribution in [0.15, 0.2) is 23.3 Å². The minimum absolute atomic E-state index is 0. The van der Waals surface area contributed by atoms with E-state index < -0.39 is 0 Å². The van der Waals surface area contributed by atoms with Crippen molar-refractivity contribution in [3.8, 4) is 0 Å². The van der Waals surface area contributed by atoms with Crippen LogP contribution in [0.3, 0.4) is 0 Å². The number of aromatic nitrogens is 1. The summed E-state index contributed by atoms with van der Waals surface area (Å²) in [4.78, 5) is 19.6. The lowest BCUT2D eigenvalue weighted by Gasteiger charge is -2.11. The molecule has 0 spiro atoms. The monoisotopic (exact) mass is 439 g/mol. The summed E-state index contributed by atoms with van der Waals surface area (Å²) in [5.74, 6) is 0.560. The van der Waals surface area contributed by atoms with E-state index in [0.29, 0.717) is 24.2 Å². The number of hydrogen-bond donors (Lipinski definition) is 3. The van der Waals surface area contributed by atoms with Crippen molar-refractivity contribution in [2.24, 2.45) is 4.99 Å². The lowest BCUT2D eigenvalue weighted by molar-refractivity contribution is -0.120. The van der Waals surface area contributed by atoms with E-state index in [1.807, 2.05) is 13.0 Å². The van der Waals surface area contributed by atoms with Gasteiger partial charge >= 0.3 is 0 Å². The number of aliphatic imine (C=N–C) groups is 1. The molecule has 0 aromatic carbocycles. The highest BCUT2D eigenvalue weighted by Gasteiger charge is 2.02. The molecule has 0 aliphatic heterocycles. The van der Waals surface area contributed by atoms with Gasteiger partial charge in [-0.2, -0.15) is 0 Å². The second kappa shape index (κ2) is 12.5. The van der Waals surface area contributed by atoms with Gasteiger partial charge in [0.25, 0.3) is 0 Å². The third-order valence-electron chi connectivity index (χ3n) is 2.71. The number of guanidine groups is 1.